The molecular weight excluding hydrogens is 346 g/mol. The Kier molecular flexibility index (Phi) is 5.39. The van der Waals surface area contributed by atoms with E-state index in [1.807, 2.05) is 13.8 Å². The topological polar surface area (TPSA) is 83.7 Å². The molecule has 3 rings (SSSR count). The molecule has 0 fully saturated rings. The van der Waals surface area contributed by atoms with Crippen molar-refractivity contribution in [3.8, 4) is 11.5 Å². The Morgan fingerprint density at radius 3 is 2.56 bits per heavy atom. The molecule has 0 radical (unpaired) electrons. The van der Waals surface area contributed by atoms with Gasteiger partial charge in [0, 0.05) is 43.7 Å². The third-order valence-electron chi connectivity index (χ3n) is 4.59. The smallest absolute Gasteiger partial charge is 0.255 e. The van der Waals surface area contributed by atoms with Crippen LogP contribution in [0.25, 0.3) is 0 Å². The number of nitrogens with one attached hydrogen (secondary N) is 2. The number of hydrogen-bond donors (Lipinski definition) is 2. The van der Waals surface area contributed by atoms with Crippen LogP contribution in [0.4, 0.5) is 5.69 Å². The van der Waals surface area contributed by atoms with Crippen LogP contribution in [0.3, 0.4) is 0 Å². The number of aryl methyl sites for hydroxylation is 2. The third kappa shape index (κ3) is 4.07. The molecule has 0 saturated carbocycles. The van der Waals surface area contributed by atoms with Gasteiger partial charge < -0.3 is 24.7 Å². The lowest BCUT2D eigenvalue weighted by atomic mass is 10.1. The normalized spacial score (nSPS) is 12.6. The SMILES string of the molecule is Cc1[nH]c(CCC(=O)Nc2ccc3c(c2)OCCO3)c(C)c1C(=O)N(C)C. The van der Waals surface area contributed by atoms with Crippen LogP contribution in [0.5, 0.6) is 11.5 Å². The van der Waals surface area contributed by atoms with Gasteiger partial charge in [0.15, 0.2) is 11.5 Å². The molecule has 0 unspecified atom stereocenters. The van der Waals surface area contributed by atoms with Gasteiger partial charge in [-0.05, 0) is 38.0 Å². The van der Waals surface area contributed by atoms with Gasteiger partial charge in [0.05, 0.1) is 5.56 Å². The molecule has 1 aromatic heterocycles. The van der Waals surface area contributed by atoms with E-state index in [1.165, 1.54) is 0 Å². The summed E-state index contributed by atoms with van der Waals surface area (Å²) < 4.78 is 11.0. The van der Waals surface area contributed by atoms with Crippen LogP contribution < -0.4 is 14.8 Å². The Hall–Kier alpha value is -2.96. The average Bonchev–Trinajstić information content (AvgIpc) is 2.92. The van der Waals surface area contributed by atoms with Crippen LogP contribution in [0.1, 0.15) is 33.7 Å². The maximum Gasteiger partial charge on any atom is 0.255 e. The quantitative estimate of drug-likeness (QED) is 0.846. The number of benzene rings is 1. The Labute approximate surface area is 158 Å². The molecule has 144 valence electrons. The largest absolute Gasteiger partial charge is 0.486 e. The van der Waals surface area contributed by atoms with Crippen molar-refractivity contribution in [1.82, 2.24) is 9.88 Å². The van der Waals surface area contributed by atoms with Crippen LogP contribution >= 0.6 is 0 Å². The van der Waals surface area contributed by atoms with Crippen LogP contribution in [0, 0.1) is 13.8 Å². The minimum atomic E-state index is -0.0983. The first-order valence-corrected chi connectivity index (χ1v) is 8.96. The van der Waals surface area contributed by atoms with Gasteiger partial charge in [-0.2, -0.15) is 0 Å². The molecule has 0 atom stereocenters. The molecule has 1 aliphatic rings. The first kappa shape index (κ1) is 18.8. The van der Waals surface area contributed by atoms with Gasteiger partial charge in [-0.3, -0.25) is 9.59 Å². The predicted octanol–water partition coefficient (Wildman–Crippen LogP) is 2.68. The highest BCUT2D eigenvalue weighted by Gasteiger charge is 2.20. The molecule has 1 aliphatic heterocycles. The van der Waals surface area contributed by atoms with Gasteiger partial charge in [-0.15, -0.1) is 0 Å². The first-order chi connectivity index (χ1) is 12.9. The lowest BCUT2D eigenvalue weighted by molar-refractivity contribution is -0.116. The molecule has 0 spiro atoms. The number of anilines is 1. The number of nitrogens with zero attached hydrogens (tertiary/aromatic N) is 1. The van der Waals surface area contributed by atoms with E-state index in [4.69, 9.17) is 9.47 Å². The van der Waals surface area contributed by atoms with Crippen LogP contribution in [0.2, 0.25) is 0 Å². The van der Waals surface area contributed by atoms with Gasteiger partial charge in [0.1, 0.15) is 13.2 Å². The summed E-state index contributed by atoms with van der Waals surface area (Å²) in [7, 11) is 3.46. The fourth-order valence-corrected chi connectivity index (χ4v) is 3.19. The maximum absolute atomic E-state index is 12.3. The molecule has 27 heavy (non-hydrogen) atoms. The number of fused-ring (bicyclic) bond motifs is 1. The van der Waals surface area contributed by atoms with Gasteiger partial charge in [-0.25, -0.2) is 0 Å². The Morgan fingerprint density at radius 2 is 1.85 bits per heavy atom. The van der Waals surface area contributed by atoms with Gasteiger partial charge >= 0.3 is 0 Å². The number of aromatic nitrogens is 1. The van der Waals surface area contributed by atoms with Crippen molar-refractivity contribution < 1.29 is 19.1 Å². The predicted molar refractivity (Wildman–Crippen MR) is 103 cm³/mol. The van der Waals surface area contributed by atoms with E-state index >= 15 is 0 Å². The van der Waals surface area contributed by atoms with E-state index in [1.54, 1.807) is 37.2 Å². The second-order valence-electron chi connectivity index (χ2n) is 6.83. The van der Waals surface area contributed by atoms with Crippen molar-refractivity contribution in [2.45, 2.75) is 26.7 Å². The summed E-state index contributed by atoms with van der Waals surface area (Å²) in [6.07, 6.45) is 0.842. The first-order valence-electron chi connectivity index (χ1n) is 8.96. The lowest BCUT2D eigenvalue weighted by Gasteiger charge is -2.19. The summed E-state index contributed by atoms with van der Waals surface area (Å²) in [5, 5.41) is 2.88. The van der Waals surface area contributed by atoms with E-state index in [0.29, 0.717) is 48.8 Å². The number of amides is 2. The number of aromatic amines is 1. The number of H-pyrrole nitrogens is 1. The van der Waals surface area contributed by atoms with E-state index in [2.05, 4.69) is 10.3 Å². The standard InChI is InChI=1S/C20H25N3O4/c1-12-15(21-13(2)19(12)20(25)23(3)4)6-8-18(24)22-14-5-7-16-17(11-14)27-10-9-26-16/h5,7,11,21H,6,8-10H2,1-4H3,(H,22,24). The molecule has 2 aromatic rings. The minimum absolute atomic E-state index is 0.0340. The van der Waals surface area contributed by atoms with Gasteiger partial charge in [0.2, 0.25) is 5.91 Å². The highest BCUT2D eigenvalue weighted by molar-refractivity contribution is 5.97. The summed E-state index contributed by atoms with van der Waals surface area (Å²) in [5.74, 6) is 1.20. The molecule has 7 nitrogen and oxygen atoms in total. The average molecular weight is 371 g/mol. The summed E-state index contributed by atoms with van der Waals surface area (Å²) in [5.41, 5.74) is 4.00. The number of ether oxygens (including phenoxy) is 2. The molecule has 7 heteroatoms. The molecule has 0 aliphatic carbocycles. The zero-order valence-electron chi connectivity index (χ0n) is 16.1. The second kappa shape index (κ2) is 7.73. The van der Waals surface area contributed by atoms with Crippen molar-refractivity contribution in [3.05, 3.63) is 40.7 Å². The Morgan fingerprint density at radius 1 is 1.15 bits per heavy atom. The van der Waals surface area contributed by atoms with Gasteiger partial charge in [0.25, 0.3) is 5.91 Å². The molecule has 2 heterocycles. The van der Waals surface area contributed by atoms with Crippen LogP contribution in [-0.2, 0) is 11.2 Å². The number of carbonyl (C=O) groups is 2. The zero-order chi connectivity index (χ0) is 19.6. The lowest BCUT2D eigenvalue weighted by Crippen LogP contribution is -2.22. The van der Waals surface area contributed by atoms with Crippen molar-refractivity contribution in [2.75, 3.05) is 32.6 Å². The number of carbonyl (C=O) groups excluding carboxylic acids is 2. The van der Waals surface area contributed by atoms with E-state index in [-0.39, 0.29) is 11.8 Å². The fourth-order valence-electron chi connectivity index (χ4n) is 3.19. The van der Waals surface area contributed by atoms with Crippen molar-refractivity contribution >= 4 is 17.5 Å². The van der Waals surface area contributed by atoms with Gasteiger partial charge in [-0.1, -0.05) is 0 Å². The highest BCUT2D eigenvalue weighted by atomic mass is 16.6. The van der Waals surface area contributed by atoms with E-state index in [9.17, 15) is 9.59 Å². The van der Waals surface area contributed by atoms with Crippen LogP contribution in [0.15, 0.2) is 18.2 Å². The molecule has 0 bridgehead atoms. The number of rotatable bonds is 5. The number of hydrogen-bond acceptors (Lipinski definition) is 4. The highest BCUT2D eigenvalue weighted by Crippen LogP contribution is 2.32. The summed E-state index contributed by atoms with van der Waals surface area (Å²) in [6.45, 7) is 4.83. The summed E-state index contributed by atoms with van der Waals surface area (Å²) >= 11 is 0. The zero-order valence-corrected chi connectivity index (χ0v) is 16.1. The molecule has 2 amide bonds. The maximum atomic E-state index is 12.3. The monoisotopic (exact) mass is 371 g/mol. The Bertz CT molecular complexity index is 870. The molecule has 1 aromatic carbocycles. The van der Waals surface area contributed by atoms with E-state index < -0.39 is 0 Å². The van der Waals surface area contributed by atoms with Crippen LogP contribution in [-0.4, -0.2) is 49.0 Å². The van der Waals surface area contributed by atoms with Crippen molar-refractivity contribution in [1.29, 1.82) is 0 Å². The second-order valence-corrected chi connectivity index (χ2v) is 6.83. The summed E-state index contributed by atoms with van der Waals surface area (Å²) in [6, 6.07) is 5.36. The van der Waals surface area contributed by atoms with E-state index in [0.717, 1.165) is 17.0 Å². The molecular formula is C20H25N3O4. The third-order valence-corrected chi connectivity index (χ3v) is 4.59. The van der Waals surface area contributed by atoms with Crippen molar-refractivity contribution in [3.63, 3.8) is 0 Å². The van der Waals surface area contributed by atoms with Crippen molar-refractivity contribution in [2.24, 2.45) is 0 Å². The minimum Gasteiger partial charge on any atom is -0.486 e. The summed E-state index contributed by atoms with van der Waals surface area (Å²) in [4.78, 5) is 29.4. The molecule has 0 saturated heterocycles. The Balaban J connectivity index is 1.63. The molecule has 2 N–H and O–H groups in total. The fraction of sp³-hybridized carbons (Fsp3) is 0.400.